The van der Waals surface area contributed by atoms with Gasteiger partial charge in [0.05, 0.1) is 18.8 Å². The third kappa shape index (κ3) is 3.42. The van der Waals surface area contributed by atoms with E-state index in [1.807, 2.05) is 0 Å². The number of aliphatic hydroxyl groups excluding tert-OH is 1. The molecular weight excluding hydrogens is 225 g/mol. The van der Waals surface area contributed by atoms with Crippen molar-refractivity contribution in [3.8, 4) is 5.75 Å². The Kier molecular flexibility index (Phi) is 4.90. The Balaban J connectivity index is 2.96. The van der Waals surface area contributed by atoms with Gasteiger partial charge in [0.15, 0.2) is 11.6 Å². The summed E-state index contributed by atoms with van der Waals surface area (Å²) in [6, 6.07) is 3.77. The molecule has 5 heteroatoms. The molecule has 1 unspecified atom stereocenters. The second-order valence-corrected chi connectivity index (χ2v) is 3.61. The highest BCUT2D eigenvalue weighted by Crippen LogP contribution is 2.22. The standard InChI is InChI=1S/C12H16FNO3/c1-3-17-11-9(5-4-6-10(11)13)12(16)14-8(2)7-15/h4-6,8,15H,3,7H2,1-2H3,(H,14,16). The molecule has 1 rings (SSSR count). The SMILES string of the molecule is CCOc1c(F)cccc1C(=O)NC(C)CO. The molecule has 1 aromatic rings. The third-order valence-corrected chi connectivity index (χ3v) is 2.15. The van der Waals surface area contributed by atoms with Crippen molar-refractivity contribution in [2.45, 2.75) is 19.9 Å². The summed E-state index contributed by atoms with van der Waals surface area (Å²) in [6.45, 7) is 3.46. The van der Waals surface area contributed by atoms with Gasteiger partial charge in [-0.3, -0.25) is 4.79 Å². The number of hydrogen-bond donors (Lipinski definition) is 2. The van der Waals surface area contributed by atoms with Crippen LogP contribution in [0.3, 0.4) is 0 Å². The predicted molar refractivity (Wildman–Crippen MR) is 61.6 cm³/mol. The number of aliphatic hydroxyl groups is 1. The van der Waals surface area contributed by atoms with E-state index in [4.69, 9.17) is 9.84 Å². The minimum atomic E-state index is -0.573. The number of carbonyl (C=O) groups excluding carboxylic acids is 1. The molecule has 1 amide bonds. The smallest absolute Gasteiger partial charge is 0.255 e. The molecule has 0 saturated heterocycles. The van der Waals surface area contributed by atoms with Crippen LogP contribution >= 0.6 is 0 Å². The Labute approximate surface area is 99.4 Å². The van der Waals surface area contributed by atoms with Crippen molar-refractivity contribution in [3.05, 3.63) is 29.6 Å². The predicted octanol–water partition coefficient (Wildman–Crippen LogP) is 1.33. The molecule has 2 N–H and O–H groups in total. The van der Waals surface area contributed by atoms with Crippen molar-refractivity contribution >= 4 is 5.91 Å². The zero-order chi connectivity index (χ0) is 12.8. The fourth-order valence-corrected chi connectivity index (χ4v) is 1.33. The van der Waals surface area contributed by atoms with Crippen molar-refractivity contribution in [2.24, 2.45) is 0 Å². The molecule has 0 aromatic heterocycles. The average molecular weight is 241 g/mol. The summed E-state index contributed by atoms with van der Waals surface area (Å²) in [6.07, 6.45) is 0. The molecular formula is C12H16FNO3. The summed E-state index contributed by atoms with van der Waals surface area (Å²) >= 11 is 0. The number of carbonyl (C=O) groups is 1. The molecule has 0 radical (unpaired) electrons. The molecule has 17 heavy (non-hydrogen) atoms. The van der Waals surface area contributed by atoms with Crippen molar-refractivity contribution in [1.29, 1.82) is 0 Å². The van der Waals surface area contributed by atoms with E-state index in [0.29, 0.717) is 0 Å². The molecule has 0 bridgehead atoms. The third-order valence-electron chi connectivity index (χ3n) is 2.15. The summed E-state index contributed by atoms with van der Waals surface area (Å²) < 4.78 is 18.6. The summed E-state index contributed by atoms with van der Waals surface area (Å²) in [7, 11) is 0. The highest BCUT2D eigenvalue weighted by molar-refractivity contribution is 5.97. The van der Waals surface area contributed by atoms with E-state index < -0.39 is 11.7 Å². The lowest BCUT2D eigenvalue weighted by molar-refractivity contribution is 0.0917. The second-order valence-electron chi connectivity index (χ2n) is 3.61. The van der Waals surface area contributed by atoms with Crippen LogP contribution in [0.15, 0.2) is 18.2 Å². The fraction of sp³-hybridized carbons (Fsp3) is 0.417. The number of hydrogen-bond acceptors (Lipinski definition) is 3. The normalized spacial score (nSPS) is 12.0. The maximum atomic E-state index is 13.5. The number of rotatable bonds is 5. The molecule has 0 spiro atoms. The molecule has 0 saturated carbocycles. The number of nitrogens with one attached hydrogen (secondary N) is 1. The molecule has 0 fully saturated rings. The van der Waals surface area contributed by atoms with E-state index in [2.05, 4.69) is 5.32 Å². The van der Waals surface area contributed by atoms with E-state index in [1.165, 1.54) is 18.2 Å². The Hall–Kier alpha value is -1.62. The highest BCUT2D eigenvalue weighted by Gasteiger charge is 2.17. The lowest BCUT2D eigenvalue weighted by Gasteiger charge is -2.14. The van der Waals surface area contributed by atoms with Gasteiger partial charge in [-0.05, 0) is 26.0 Å². The van der Waals surface area contributed by atoms with Crippen LogP contribution in [0.1, 0.15) is 24.2 Å². The van der Waals surface area contributed by atoms with Gasteiger partial charge < -0.3 is 15.2 Å². The minimum Gasteiger partial charge on any atom is -0.490 e. The van der Waals surface area contributed by atoms with Gasteiger partial charge in [-0.15, -0.1) is 0 Å². The molecule has 0 aliphatic rings. The van der Waals surface area contributed by atoms with Crippen molar-refractivity contribution < 1.29 is 19.0 Å². The van der Waals surface area contributed by atoms with Gasteiger partial charge in [-0.1, -0.05) is 6.07 Å². The van der Waals surface area contributed by atoms with Crippen LogP contribution in [-0.2, 0) is 0 Å². The zero-order valence-electron chi connectivity index (χ0n) is 9.87. The van der Waals surface area contributed by atoms with Crippen LogP contribution in [0, 0.1) is 5.82 Å². The Bertz CT molecular complexity index is 395. The number of para-hydroxylation sites is 1. The van der Waals surface area contributed by atoms with Crippen LogP contribution in [-0.4, -0.2) is 30.3 Å². The number of benzene rings is 1. The van der Waals surface area contributed by atoms with Crippen molar-refractivity contribution in [3.63, 3.8) is 0 Å². The first kappa shape index (κ1) is 13.4. The number of amides is 1. The highest BCUT2D eigenvalue weighted by atomic mass is 19.1. The molecule has 0 aliphatic heterocycles. The van der Waals surface area contributed by atoms with Crippen molar-refractivity contribution in [2.75, 3.05) is 13.2 Å². The molecule has 0 aliphatic carbocycles. The monoisotopic (exact) mass is 241 g/mol. The largest absolute Gasteiger partial charge is 0.490 e. The Morgan fingerprint density at radius 2 is 2.29 bits per heavy atom. The van der Waals surface area contributed by atoms with E-state index in [-0.39, 0.29) is 30.6 Å². The van der Waals surface area contributed by atoms with E-state index in [9.17, 15) is 9.18 Å². The van der Waals surface area contributed by atoms with Gasteiger partial charge >= 0.3 is 0 Å². The van der Waals surface area contributed by atoms with Crippen LogP contribution in [0.5, 0.6) is 5.75 Å². The molecule has 0 heterocycles. The summed E-state index contributed by atoms with van der Waals surface area (Å²) in [4.78, 5) is 11.8. The Morgan fingerprint density at radius 1 is 1.59 bits per heavy atom. The van der Waals surface area contributed by atoms with Gasteiger partial charge in [-0.2, -0.15) is 0 Å². The Morgan fingerprint density at radius 3 is 2.88 bits per heavy atom. The van der Waals surface area contributed by atoms with Gasteiger partial charge in [0.2, 0.25) is 0 Å². The van der Waals surface area contributed by atoms with Crippen molar-refractivity contribution in [1.82, 2.24) is 5.32 Å². The van der Waals surface area contributed by atoms with Gasteiger partial charge in [0, 0.05) is 6.04 Å². The summed E-state index contributed by atoms with van der Waals surface area (Å²) in [5.74, 6) is -1.09. The fourth-order valence-electron chi connectivity index (χ4n) is 1.33. The summed E-state index contributed by atoms with van der Waals surface area (Å²) in [5, 5.41) is 11.4. The zero-order valence-corrected chi connectivity index (χ0v) is 9.87. The van der Waals surface area contributed by atoms with Gasteiger partial charge in [0.1, 0.15) is 0 Å². The van der Waals surface area contributed by atoms with Gasteiger partial charge in [0.25, 0.3) is 5.91 Å². The molecule has 94 valence electrons. The second kappa shape index (κ2) is 6.20. The maximum absolute atomic E-state index is 13.5. The maximum Gasteiger partial charge on any atom is 0.255 e. The van der Waals surface area contributed by atoms with Gasteiger partial charge in [-0.25, -0.2) is 4.39 Å². The lowest BCUT2D eigenvalue weighted by atomic mass is 10.1. The quantitative estimate of drug-likeness (QED) is 0.817. The van der Waals surface area contributed by atoms with E-state index in [1.54, 1.807) is 13.8 Å². The first-order valence-corrected chi connectivity index (χ1v) is 5.43. The van der Waals surface area contributed by atoms with E-state index >= 15 is 0 Å². The topological polar surface area (TPSA) is 58.6 Å². The molecule has 1 atom stereocenters. The number of ether oxygens (including phenoxy) is 1. The van der Waals surface area contributed by atoms with Crippen LogP contribution in [0.25, 0.3) is 0 Å². The first-order chi connectivity index (χ1) is 8.10. The van der Waals surface area contributed by atoms with E-state index in [0.717, 1.165) is 0 Å². The van der Waals surface area contributed by atoms with Crippen LogP contribution < -0.4 is 10.1 Å². The molecule has 4 nitrogen and oxygen atoms in total. The lowest BCUT2D eigenvalue weighted by Crippen LogP contribution is -2.35. The number of halogens is 1. The minimum absolute atomic E-state index is 0.0577. The van der Waals surface area contributed by atoms with Crippen LogP contribution in [0.4, 0.5) is 4.39 Å². The average Bonchev–Trinajstić information content (AvgIpc) is 2.31. The molecule has 1 aromatic carbocycles. The van der Waals surface area contributed by atoms with Crippen LogP contribution in [0.2, 0.25) is 0 Å². The summed E-state index contributed by atoms with van der Waals surface area (Å²) in [5.41, 5.74) is 0.132. The first-order valence-electron chi connectivity index (χ1n) is 5.43.